The second kappa shape index (κ2) is 7.05. The smallest absolute Gasteiger partial charge is 0.223 e. The van der Waals surface area contributed by atoms with Crippen molar-refractivity contribution < 1.29 is 4.79 Å². The number of carbonyl (C=O) groups is 1. The maximum Gasteiger partial charge on any atom is 0.223 e. The molecule has 3 rings (SSSR count). The van der Waals surface area contributed by atoms with E-state index < -0.39 is 0 Å². The summed E-state index contributed by atoms with van der Waals surface area (Å²) in [5.41, 5.74) is 2.96. The van der Waals surface area contributed by atoms with Crippen LogP contribution >= 0.6 is 11.3 Å². The molecule has 2 aromatic rings. The summed E-state index contributed by atoms with van der Waals surface area (Å²) in [5.74, 6) is 1.66. The van der Waals surface area contributed by atoms with E-state index in [0.29, 0.717) is 12.3 Å². The summed E-state index contributed by atoms with van der Waals surface area (Å²) in [5, 5.41) is 2.07. The lowest BCUT2D eigenvalue weighted by Crippen LogP contribution is -2.41. The van der Waals surface area contributed by atoms with Gasteiger partial charge in [-0.2, -0.15) is 0 Å². The number of likely N-dealkylation sites (tertiary alicyclic amines) is 1. The molecule has 0 N–H and O–H groups in total. The van der Waals surface area contributed by atoms with E-state index in [4.69, 9.17) is 0 Å². The van der Waals surface area contributed by atoms with Crippen LogP contribution in [0.25, 0.3) is 0 Å². The van der Waals surface area contributed by atoms with Gasteiger partial charge >= 0.3 is 0 Å². The number of hydrogen-bond acceptors (Lipinski definition) is 4. The third-order valence-electron chi connectivity index (χ3n) is 4.38. The van der Waals surface area contributed by atoms with Gasteiger partial charge in [0.05, 0.1) is 17.7 Å². The highest BCUT2D eigenvalue weighted by atomic mass is 32.1. The van der Waals surface area contributed by atoms with Gasteiger partial charge < -0.3 is 9.47 Å². The van der Waals surface area contributed by atoms with Crippen molar-refractivity contribution in [2.45, 2.75) is 52.5 Å². The Kier molecular flexibility index (Phi) is 5.04. The fourth-order valence-corrected chi connectivity index (χ4v) is 3.83. The van der Waals surface area contributed by atoms with E-state index >= 15 is 0 Å². The Morgan fingerprint density at radius 2 is 2.21 bits per heavy atom. The normalized spacial score (nSPS) is 18.8. The molecular formula is C18H26N4OS. The minimum Gasteiger partial charge on any atom is -0.342 e. The van der Waals surface area contributed by atoms with E-state index in [9.17, 15) is 4.79 Å². The fourth-order valence-electron chi connectivity index (χ4n) is 3.28. The average Bonchev–Trinajstić information content (AvgIpc) is 3.18. The molecule has 0 radical (unpaired) electrons. The van der Waals surface area contributed by atoms with E-state index in [1.165, 1.54) is 0 Å². The fraction of sp³-hybridized carbons (Fsp3) is 0.611. The number of piperidine rings is 1. The van der Waals surface area contributed by atoms with Crippen molar-refractivity contribution in [3.63, 3.8) is 0 Å². The van der Waals surface area contributed by atoms with Crippen LogP contribution in [0, 0.1) is 5.41 Å². The molecule has 1 fully saturated rings. The number of nitrogens with zero attached hydrogens (tertiary/aromatic N) is 4. The Hall–Kier alpha value is -1.69. The molecule has 0 spiro atoms. The Bertz CT molecular complexity index is 672. The van der Waals surface area contributed by atoms with Crippen LogP contribution in [0.2, 0.25) is 0 Å². The molecule has 1 saturated heterocycles. The summed E-state index contributed by atoms with van der Waals surface area (Å²) in [6, 6.07) is 0. The van der Waals surface area contributed by atoms with Crippen molar-refractivity contribution in [2.24, 2.45) is 5.41 Å². The van der Waals surface area contributed by atoms with Gasteiger partial charge in [0.1, 0.15) is 5.82 Å². The van der Waals surface area contributed by atoms with Crippen molar-refractivity contribution in [1.29, 1.82) is 0 Å². The molecule has 3 heterocycles. The Morgan fingerprint density at radius 1 is 1.38 bits per heavy atom. The van der Waals surface area contributed by atoms with Gasteiger partial charge in [-0.25, -0.2) is 9.97 Å². The summed E-state index contributed by atoms with van der Waals surface area (Å²) >= 11 is 1.61. The molecule has 24 heavy (non-hydrogen) atoms. The zero-order chi connectivity index (χ0) is 17.2. The highest BCUT2D eigenvalue weighted by Gasteiger charge is 2.29. The SMILES string of the molecule is CC(C)(C)CC(=O)N1CCCC(c2nccn2Cc2cscn2)C1. The molecule has 0 aliphatic carbocycles. The highest BCUT2D eigenvalue weighted by molar-refractivity contribution is 7.07. The number of amides is 1. The first kappa shape index (κ1) is 17.1. The molecule has 130 valence electrons. The van der Waals surface area contributed by atoms with Crippen LogP contribution in [0.4, 0.5) is 0 Å². The van der Waals surface area contributed by atoms with Crippen molar-refractivity contribution in [3.05, 3.63) is 34.8 Å². The van der Waals surface area contributed by atoms with Gasteiger partial charge in [0.15, 0.2) is 0 Å². The minimum absolute atomic E-state index is 0.0348. The first-order valence-electron chi connectivity index (χ1n) is 8.58. The Morgan fingerprint density at radius 3 is 2.92 bits per heavy atom. The van der Waals surface area contributed by atoms with Gasteiger partial charge in [0.2, 0.25) is 5.91 Å². The van der Waals surface area contributed by atoms with Crippen LogP contribution in [0.3, 0.4) is 0 Å². The van der Waals surface area contributed by atoms with Crippen LogP contribution in [-0.2, 0) is 11.3 Å². The predicted molar refractivity (Wildman–Crippen MR) is 96.1 cm³/mol. The number of thiazole rings is 1. The molecular weight excluding hydrogens is 320 g/mol. The summed E-state index contributed by atoms with van der Waals surface area (Å²) < 4.78 is 2.18. The predicted octanol–water partition coefficient (Wildman–Crippen LogP) is 3.53. The first-order chi connectivity index (χ1) is 11.4. The zero-order valence-electron chi connectivity index (χ0n) is 14.7. The molecule has 5 nitrogen and oxygen atoms in total. The third-order valence-corrected chi connectivity index (χ3v) is 5.02. The molecule has 0 saturated carbocycles. The Balaban J connectivity index is 1.69. The third kappa shape index (κ3) is 4.23. The summed E-state index contributed by atoms with van der Waals surface area (Å²) in [6.07, 6.45) is 6.62. The maximum atomic E-state index is 12.6. The van der Waals surface area contributed by atoms with Gasteiger partial charge in [-0.1, -0.05) is 20.8 Å². The molecule has 0 aromatic carbocycles. The van der Waals surface area contributed by atoms with Crippen LogP contribution in [-0.4, -0.2) is 38.4 Å². The van der Waals surface area contributed by atoms with Gasteiger partial charge in [-0.15, -0.1) is 11.3 Å². The highest BCUT2D eigenvalue weighted by Crippen LogP contribution is 2.28. The summed E-state index contributed by atoms with van der Waals surface area (Å²) in [6.45, 7) is 8.76. The van der Waals surface area contributed by atoms with E-state index in [2.05, 4.69) is 40.7 Å². The lowest BCUT2D eigenvalue weighted by Gasteiger charge is -2.34. The second-order valence-electron chi connectivity index (χ2n) is 7.81. The average molecular weight is 347 g/mol. The van der Waals surface area contributed by atoms with Gasteiger partial charge in [0.25, 0.3) is 0 Å². The standard InChI is InChI=1S/C18H26N4OS/c1-18(2,3)9-16(23)21-7-4-5-14(10-21)17-19-6-8-22(17)11-15-12-24-13-20-15/h6,8,12-14H,4-5,7,9-11H2,1-3H3. The lowest BCUT2D eigenvalue weighted by atomic mass is 9.90. The molecule has 1 atom stereocenters. The van der Waals surface area contributed by atoms with Gasteiger partial charge in [-0.3, -0.25) is 4.79 Å². The number of rotatable bonds is 4. The molecule has 1 amide bonds. The van der Waals surface area contributed by atoms with Crippen LogP contribution in [0.15, 0.2) is 23.3 Å². The topological polar surface area (TPSA) is 51.0 Å². The van der Waals surface area contributed by atoms with Crippen LogP contribution < -0.4 is 0 Å². The van der Waals surface area contributed by atoms with Crippen molar-refractivity contribution >= 4 is 17.2 Å². The molecule has 0 bridgehead atoms. The zero-order valence-corrected chi connectivity index (χ0v) is 15.6. The second-order valence-corrected chi connectivity index (χ2v) is 8.53. The molecule has 6 heteroatoms. The van der Waals surface area contributed by atoms with Crippen LogP contribution in [0.5, 0.6) is 0 Å². The van der Waals surface area contributed by atoms with Crippen molar-refractivity contribution in [2.75, 3.05) is 13.1 Å². The quantitative estimate of drug-likeness (QED) is 0.851. The molecule has 1 aliphatic heterocycles. The van der Waals surface area contributed by atoms with E-state index in [1.54, 1.807) is 11.3 Å². The van der Waals surface area contributed by atoms with E-state index in [1.807, 2.05) is 22.8 Å². The van der Waals surface area contributed by atoms with Gasteiger partial charge in [0, 0.05) is 43.2 Å². The van der Waals surface area contributed by atoms with Crippen LogP contribution in [0.1, 0.15) is 57.5 Å². The number of hydrogen-bond donors (Lipinski definition) is 0. The monoisotopic (exact) mass is 346 g/mol. The largest absolute Gasteiger partial charge is 0.342 e. The summed E-state index contributed by atoms with van der Waals surface area (Å²) in [7, 11) is 0. The van der Waals surface area contributed by atoms with Gasteiger partial charge in [-0.05, 0) is 18.3 Å². The molecule has 1 aliphatic rings. The van der Waals surface area contributed by atoms with Crippen molar-refractivity contribution in [1.82, 2.24) is 19.4 Å². The number of carbonyl (C=O) groups excluding carboxylic acids is 1. The lowest BCUT2D eigenvalue weighted by molar-refractivity contribution is -0.134. The minimum atomic E-state index is 0.0348. The van der Waals surface area contributed by atoms with E-state index in [-0.39, 0.29) is 11.3 Å². The Labute approximate surface area is 147 Å². The molecule has 2 aromatic heterocycles. The number of imidazole rings is 1. The maximum absolute atomic E-state index is 12.6. The van der Waals surface area contributed by atoms with Crippen molar-refractivity contribution in [3.8, 4) is 0 Å². The number of aromatic nitrogens is 3. The summed E-state index contributed by atoms with van der Waals surface area (Å²) in [4.78, 5) is 23.5. The molecule has 1 unspecified atom stereocenters. The first-order valence-corrected chi connectivity index (χ1v) is 9.52. The van der Waals surface area contributed by atoms with E-state index in [0.717, 1.165) is 44.0 Å².